The topological polar surface area (TPSA) is 90.3 Å². The van der Waals surface area contributed by atoms with Crippen molar-refractivity contribution in [3.05, 3.63) is 70.2 Å². The molecule has 0 radical (unpaired) electrons. The summed E-state index contributed by atoms with van der Waals surface area (Å²) in [5.41, 5.74) is 1.12. The number of anilines is 2. The fraction of sp³-hybridized carbons (Fsp3) is 0.333. The van der Waals surface area contributed by atoms with Gasteiger partial charge in [-0.15, -0.1) is 0 Å². The molecule has 0 unspecified atom stereocenters. The Bertz CT molecular complexity index is 1050. The highest BCUT2D eigenvalue weighted by Crippen LogP contribution is 2.46. The molecule has 1 fully saturated rings. The lowest BCUT2D eigenvalue weighted by Crippen LogP contribution is -2.44. The largest absolute Gasteiger partial charge is 0.447 e. The molecule has 2 aromatic rings. The van der Waals surface area contributed by atoms with E-state index in [1.165, 1.54) is 0 Å². The summed E-state index contributed by atoms with van der Waals surface area (Å²) in [7, 11) is 0. The number of aliphatic hydroxyl groups excluding tert-OH is 1. The summed E-state index contributed by atoms with van der Waals surface area (Å²) in [6.45, 7) is 2.98. The van der Waals surface area contributed by atoms with Gasteiger partial charge < -0.3 is 19.8 Å². The van der Waals surface area contributed by atoms with Crippen LogP contribution in [-0.4, -0.2) is 42.0 Å². The van der Waals surface area contributed by atoms with Crippen molar-refractivity contribution in [3.8, 4) is 0 Å². The summed E-state index contributed by atoms with van der Waals surface area (Å²) in [6.07, 6.45) is 3.64. The number of fused-ring (bicyclic) bond motifs is 1. The van der Waals surface area contributed by atoms with Gasteiger partial charge in [0, 0.05) is 28.2 Å². The number of ether oxygens (including phenoxy) is 1. The smallest absolute Gasteiger partial charge is 0.414 e. The van der Waals surface area contributed by atoms with Crippen LogP contribution < -0.4 is 9.80 Å². The fourth-order valence-corrected chi connectivity index (χ4v) is 4.54. The van der Waals surface area contributed by atoms with Crippen LogP contribution in [0.3, 0.4) is 0 Å². The molecule has 32 heavy (non-hydrogen) atoms. The van der Waals surface area contributed by atoms with Crippen molar-refractivity contribution >= 4 is 39.3 Å². The predicted octanol–water partition coefficient (Wildman–Crippen LogP) is 3.71. The van der Waals surface area contributed by atoms with Gasteiger partial charge >= 0.3 is 6.09 Å². The van der Waals surface area contributed by atoms with Crippen LogP contribution in [0.1, 0.15) is 24.5 Å². The van der Waals surface area contributed by atoms with Crippen LogP contribution >= 0.6 is 15.9 Å². The Morgan fingerprint density at radius 2 is 1.97 bits per heavy atom. The van der Waals surface area contributed by atoms with Crippen LogP contribution in [-0.2, 0) is 21.7 Å². The van der Waals surface area contributed by atoms with Gasteiger partial charge in [-0.05, 0) is 42.3 Å². The first kappa shape index (κ1) is 22.5. The third-order valence-electron chi connectivity index (χ3n) is 5.96. The highest BCUT2D eigenvalue weighted by molar-refractivity contribution is 9.10. The fourth-order valence-electron chi connectivity index (χ4n) is 4.18. The van der Waals surface area contributed by atoms with E-state index in [1.807, 2.05) is 36.4 Å². The number of amides is 2. The number of hydrogen-bond donors (Lipinski definition) is 2. The zero-order valence-corrected chi connectivity index (χ0v) is 19.3. The third kappa shape index (κ3) is 3.94. The normalized spacial score (nSPS) is 21.4. The van der Waals surface area contributed by atoms with Crippen molar-refractivity contribution < 1.29 is 24.5 Å². The van der Waals surface area contributed by atoms with E-state index in [1.54, 1.807) is 34.9 Å². The van der Waals surface area contributed by atoms with Crippen LogP contribution in [0.15, 0.2) is 59.1 Å². The third-order valence-corrected chi connectivity index (χ3v) is 6.45. The lowest BCUT2D eigenvalue weighted by Gasteiger charge is -2.27. The molecule has 1 saturated heterocycles. The van der Waals surface area contributed by atoms with Gasteiger partial charge in [-0.3, -0.25) is 9.69 Å². The molecular formula is C24H25BrN2O5. The lowest BCUT2D eigenvalue weighted by molar-refractivity contribution is -0.139. The second-order valence-electron chi connectivity index (χ2n) is 7.98. The second-order valence-corrected chi connectivity index (χ2v) is 8.90. The molecule has 2 amide bonds. The summed E-state index contributed by atoms with van der Waals surface area (Å²) in [4.78, 5) is 28.4. The number of benzene rings is 2. The van der Waals surface area contributed by atoms with E-state index in [-0.39, 0.29) is 25.2 Å². The standard InChI is InChI=1S/C24H25BrN2O5/c1-16(4-2-3-12-28)24(31)20-14-18(25)7-10-21(20)27(22(24)29)15-17-5-8-19(9-6-17)26-11-13-32-23(26)30/h2,4-10,14,16,28,31H,3,11-13,15H2,1H3/b4-2+/t16-,24+/m0/s1. The Morgan fingerprint density at radius 3 is 2.62 bits per heavy atom. The molecule has 2 heterocycles. The maximum absolute atomic E-state index is 13.5. The number of aliphatic hydroxyl groups is 2. The van der Waals surface area contributed by atoms with E-state index in [9.17, 15) is 14.7 Å². The van der Waals surface area contributed by atoms with Gasteiger partial charge in [0.25, 0.3) is 5.91 Å². The SMILES string of the molecule is C[C@@H](/C=C/CCO)[C@]1(O)C(=O)N(Cc2ccc(N3CCOC3=O)cc2)c2ccc(Br)cc21. The van der Waals surface area contributed by atoms with Crippen LogP contribution in [0, 0.1) is 5.92 Å². The maximum atomic E-state index is 13.5. The highest BCUT2D eigenvalue weighted by Gasteiger charge is 2.52. The van der Waals surface area contributed by atoms with Gasteiger partial charge in [-0.2, -0.15) is 0 Å². The molecule has 7 nitrogen and oxygen atoms in total. The molecular weight excluding hydrogens is 476 g/mol. The van der Waals surface area contributed by atoms with Gasteiger partial charge in [-0.25, -0.2) is 4.79 Å². The zero-order chi connectivity index (χ0) is 22.9. The Kier molecular flexibility index (Phi) is 6.37. The number of cyclic esters (lactones) is 1. The van der Waals surface area contributed by atoms with Gasteiger partial charge in [0.05, 0.1) is 18.8 Å². The monoisotopic (exact) mass is 500 g/mol. The first-order valence-electron chi connectivity index (χ1n) is 10.5. The summed E-state index contributed by atoms with van der Waals surface area (Å²) < 4.78 is 5.76. The molecule has 0 saturated carbocycles. The molecule has 0 aromatic heterocycles. The van der Waals surface area contributed by atoms with Gasteiger partial charge in [0.15, 0.2) is 5.60 Å². The van der Waals surface area contributed by atoms with Crippen LogP contribution in [0.2, 0.25) is 0 Å². The molecule has 2 N–H and O–H groups in total. The predicted molar refractivity (Wildman–Crippen MR) is 124 cm³/mol. The van der Waals surface area contributed by atoms with Crippen LogP contribution in [0.4, 0.5) is 16.2 Å². The van der Waals surface area contributed by atoms with E-state index in [2.05, 4.69) is 15.9 Å². The van der Waals surface area contributed by atoms with E-state index in [0.717, 1.165) is 15.7 Å². The molecule has 0 aliphatic carbocycles. The van der Waals surface area contributed by atoms with Crippen molar-refractivity contribution in [1.82, 2.24) is 0 Å². The number of nitrogens with zero attached hydrogens (tertiary/aromatic N) is 2. The molecule has 2 atom stereocenters. The molecule has 168 valence electrons. The highest BCUT2D eigenvalue weighted by atomic mass is 79.9. The summed E-state index contributed by atoms with van der Waals surface area (Å²) in [5.74, 6) is -0.873. The zero-order valence-electron chi connectivity index (χ0n) is 17.7. The van der Waals surface area contributed by atoms with Crippen molar-refractivity contribution in [2.45, 2.75) is 25.5 Å². The maximum Gasteiger partial charge on any atom is 0.414 e. The van der Waals surface area contributed by atoms with Gasteiger partial charge in [0.1, 0.15) is 6.61 Å². The first-order chi connectivity index (χ1) is 15.4. The van der Waals surface area contributed by atoms with E-state index >= 15 is 0 Å². The summed E-state index contributed by atoms with van der Waals surface area (Å²) in [6, 6.07) is 12.9. The van der Waals surface area contributed by atoms with Crippen molar-refractivity contribution in [2.24, 2.45) is 5.92 Å². The minimum absolute atomic E-state index is 0.00893. The van der Waals surface area contributed by atoms with E-state index < -0.39 is 11.5 Å². The first-order valence-corrected chi connectivity index (χ1v) is 11.3. The van der Waals surface area contributed by atoms with E-state index in [0.29, 0.717) is 30.8 Å². The second kappa shape index (κ2) is 9.05. The van der Waals surface area contributed by atoms with Gasteiger partial charge in [-0.1, -0.05) is 47.1 Å². The number of hydrogen-bond acceptors (Lipinski definition) is 5. The average molecular weight is 501 g/mol. The van der Waals surface area contributed by atoms with Crippen molar-refractivity contribution in [2.75, 3.05) is 29.6 Å². The van der Waals surface area contributed by atoms with Crippen LogP contribution in [0.5, 0.6) is 0 Å². The molecule has 0 spiro atoms. The molecule has 4 rings (SSSR count). The Hall–Kier alpha value is -2.68. The van der Waals surface area contributed by atoms with E-state index in [4.69, 9.17) is 9.84 Å². The number of rotatable bonds is 7. The number of carbonyl (C=O) groups is 2. The van der Waals surface area contributed by atoms with Crippen molar-refractivity contribution in [3.63, 3.8) is 0 Å². The van der Waals surface area contributed by atoms with Crippen molar-refractivity contribution in [1.29, 1.82) is 0 Å². The van der Waals surface area contributed by atoms with Crippen LogP contribution in [0.25, 0.3) is 0 Å². The molecule has 2 aromatic carbocycles. The summed E-state index contributed by atoms with van der Waals surface area (Å²) >= 11 is 3.45. The van der Waals surface area contributed by atoms with Gasteiger partial charge in [0.2, 0.25) is 0 Å². The Balaban J connectivity index is 1.62. The lowest BCUT2D eigenvalue weighted by atomic mass is 9.83. The number of carbonyl (C=O) groups excluding carboxylic acids is 2. The Morgan fingerprint density at radius 1 is 1.22 bits per heavy atom. The minimum Gasteiger partial charge on any atom is -0.447 e. The molecule has 2 aliphatic rings. The molecule has 8 heteroatoms. The number of halogens is 1. The molecule has 0 bridgehead atoms. The average Bonchev–Trinajstić information content (AvgIpc) is 3.30. The minimum atomic E-state index is -1.70. The Labute approximate surface area is 195 Å². The quantitative estimate of drug-likeness (QED) is 0.565. The summed E-state index contributed by atoms with van der Waals surface area (Å²) in [5, 5.41) is 20.6. The molecule has 2 aliphatic heterocycles.